The van der Waals surface area contributed by atoms with Gasteiger partial charge in [0.05, 0.1) is 0 Å². The average Bonchev–Trinajstić information content (AvgIpc) is 2.76. The van der Waals surface area contributed by atoms with E-state index in [0.717, 1.165) is 27.3 Å². The second-order valence-corrected chi connectivity index (χ2v) is 5.82. The van der Waals surface area contributed by atoms with Gasteiger partial charge in [0.15, 0.2) is 0 Å². The van der Waals surface area contributed by atoms with Gasteiger partial charge in [-0.25, -0.2) is 0 Å². The van der Waals surface area contributed by atoms with Crippen molar-refractivity contribution >= 4 is 44.1 Å². The van der Waals surface area contributed by atoms with Crippen LogP contribution in [0.15, 0.2) is 53.1 Å². The molecule has 0 fully saturated rings. The molecule has 1 heterocycles. The molecule has 3 rings (SSSR count). The number of aromatic nitrogens is 1. The highest BCUT2D eigenvalue weighted by Gasteiger charge is 2.05. The Morgan fingerprint density at radius 1 is 1.11 bits per heavy atom. The van der Waals surface area contributed by atoms with Crippen LogP contribution in [-0.4, -0.2) is 4.57 Å². The van der Waals surface area contributed by atoms with Crippen LogP contribution in [0.3, 0.4) is 0 Å². The van der Waals surface area contributed by atoms with Crippen LogP contribution < -0.4 is 5.73 Å². The fourth-order valence-electron chi connectivity index (χ4n) is 2.21. The lowest BCUT2D eigenvalue weighted by molar-refractivity contribution is 0.837. The van der Waals surface area contributed by atoms with Gasteiger partial charge in [-0.2, -0.15) is 0 Å². The maximum atomic E-state index is 6.21. The van der Waals surface area contributed by atoms with Crippen molar-refractivity contribution < 1.29 is 0 Å². The fourth-order valence-corrected chi connectivity index (χ4v) is 2.76. The zero-order chi connectivity index (χ0) is 13.4. The second-order valence-electron chi connectivity index (χ2n) is 4.50. The molecule has 96 valence electrons. The van der Waals surface area contributed by atoms with Crippen LogP contribution >= 0.6 is 27.5 Å². The molecule has 0 amide bonds. The first kappa shape index (κ1) is 12.6. The Hall–Kier alpha value is -1.45. The normalized spacial score (nSPS) is 11.1. The lowest BCUT2D eigenvalue weighted by Gasteiger charge is -2.08. The number of rotatable bonds is 2. The van der Waals surface area contributed by atoms with Gasteiger partial charge in [-0.1, -0.05) is 27.5 Å². The van der Waals surface area contributed by atoms with Gasteiger partial charge >= 0.3 is 0 Å². The van der Waals surface area contributed by atoms with Crippen molar-refractivity contribution in [1.82, 2.24) is 4.57 Å². The van der Waals surface area contributed by atoms with Crippen molar-refractivity contribution in [3.63, 3.8) is 0 Å². The molecule has 0 aliphatic heterocycles. The number of fused-ring (bicyclic) bond motifs is 1. The van der Waals surface area contributed by atoms with E-state index in [-0.39, 0.29) is 0 Å². The fraction of sp³-hybridized carbons (Fsp3) is 0.0667. The minimum atomic E-state index is 0.717. The van der Waals surface area contributed by atoms with Crippen LogP contribution in [0.4, 0.5) is 5.69 Å². The largest absolute Gasteiger partial charge is 0.399 e. The van der Waals surface area contributed by atoms with E-state index in [1.54, 1.807) is 0 Å². The van der Waals surface area contributed by atoms with E-state index < -0.39 is 0 Å². The standard InChI is InChI=1S/C15H12BrClN2/c16-12-1-4-15-10(7-12)5-6-19(15)9-11-8-13(18)2-3-14(11)17/h1-8H,9,18H2. The molecule has 2 aromatic carbocycles. The first-order chi connectivity index (χ1) is 9.13. The summed E-state index contributed by atoms with van der Waals surface area (Å²) in [6.07, 6.45) is 2.07. The molecule has 2 nitrogen and oxygen atoms in total. The van der Waals surface area contributed by atoms with Gasteiger partial charge in [0, 0.05) is 38.8 Å². The number of nitrogens with two attached hydrogens (primary N) is 1. The maximum Gasteiger partial charge on any atom is 0.0491 e. The SMILES string of the molecule is Nc1ccc(Cl)c(Cn2ccc3cc(Br)ccc32)c1. The Labute approximate surface area is 124 Å². The van der Waals surface area contributed by atoms with Crippen molar-refractivity contribution in [1.29, 1.82) is 0 Å². The van der Waals surface area contributed by atoms with E-state index in [2.05, 4.69) is 44.9 Å². The quantitative estimate of drug-likeness (QED) is 0.677. The predicted molar refractivity (Wildman–Crippen MR) is 84.6 cm³/mol. The van der Waals surface area contributed by atoms with Crippen molar-refractivity contribution in [3.8, 4) is 0 Å². The van der Waals surface area contributed by atoms with Crippen LogP contribution in [0.2, 0.25) is 5.02 Å². The highest BCUT2D eigenvalue weighted by molar-refractivity contribution is 9.10. The van der Waals surface area contributed by atoms with Crippen LogP contribution in [-0.2, 0) is 6.54 Å². The van der Waals surface area contributed by atoms with Crippen LogP contribution in [0.1, 0.15) is 5.56 Å². The van der Waals surface area contributed by atoms with Gasteiger partial charge in [0.2, 0.25) is 0 Å². The summed E-state index contributed by atoms with van der Waals surface area (Å²) >= 11 is 9.70. The molecule has 0 saturated carbocycles. The number of halogens is 2. The molecule has 0 aliphatic carbocycles. The van der Waals surface area contributed by atoms with Crippen molar-refractivity contribution in [2.45, 2.75) is 6.54 Å². The first-order valence-electron chi connectivity index (χ1n) is 5.92. The third-order valence-corrected chi connectivity index (χ3v) is 4.01. The molecule has 0 aliphatic rings. The molecule has 0 atom stereocenters. The summed E-state index contributed by atoms with van der Waals surface area (Å²) in [6, 6.07) is 13.9. The number of nitrogens with zero attached hydrogens (tertiary/aromatic N) is 1. The van der Waals surface area contributed by atoms with E-state index in [1.165, 1.54) is 10.9 Å². The van der Waals surface area contributed by atoms with Crippen LogP contribution in [0.25, 0.3) is 10.9 Å². The molecule has 0 spiro atoms. The Balaban J connectivity index is 2.03. The molecule has 3 aromatic rings. The third-order valence-electron chi connectivity index (χ3n) is 3.14. The lowest BCUT2D eigenvalue weighted by Crippen LogP contribution is -1.99. The van der Waals surface area contributed by atoms with Crippen molar-refractivity contribution in [3.05, 3.63) is 63.7 Å². The monoisotopic (exact) mass is 334 g/mol. The minimum absolute atomic E-state index is 0.717. The highest BCUT2D eigenvalue weighted by atomic mass is 79.9. The van der Waals surface area contributed by atoms with E-state index in [0.29, 0.717) is 0 Å². The molecule has 2 N–H and O–H groups in total. The van der Waals surface area contributed by atoms with Gasteiger partial charge in [0.1, 0.15) is 0 Å². The number of hydrogen-bond acceptors (Lipinski definition) is 1. The van der Waals surface area contributed by atoms with E-state index in [4.69, 9.17) is 17.3 Å². The first-order valence-corrected chi connectivity index (χ1v) is 7.09. The van der Waals surface area contributed by atoms with Crippen molar-refractivity contribution in [2.75, 3.05) is 5.73 Å². The summed E-state index contributed by atoms with van der Waals surface area (Å²) in [6.45, 7) is 0.717. The molecule has 0 bridgehead atoms. The molecule has 19 heavy (non-hydrogen) atoms. The summed E-state index contributed by atoms with van der Waals surface area (Å²) in [5, 5.41) is 1.95. The number of anilines is 1. The molecule has 0 unspecified atom stereocenters. The summed E-state index contributed by atoms with van der Waals surface area (Å²) < 4.78 is 3.25. The Morgan fingerprint density at radius 2 is 1.95 bits per heavy atom. The molecular formula is C15H12BrClN2. The van der Waals surface area contributed by atoms with Gasteiger partial charge in [0.25, 0.3) is 0 Å². The summed E-state index contributed by atoms with van der Waals surface area (Å²) in [7, 11) is 0. The zero-order valence-corrected chi connectivity index (χ0v) is 12.4. The molecule has 4 heteroatoms. The van der Waals surface area contributed by atoms with Crippen LogP contribution in [0, 0.1) is 0 Å². The summed E-state index contributed by atoms with van der Waals surface area (Å²) in [4.78, 5) is 0. The van der Waals surface area contributed by atoms with E-state index in [1.807, 2.05) is 24.3 Å². The van der Waals surface area contributed by atoms with E-state index in [9.17, 15) is 0 Å². The van der Waals surface area contributed by atoms with Crippen molar-refractivity contribution in [2.24, 2.45) is 0 Å². The molecule has 1 aromatic heterocycles. The Bertz CT molecular complexity index is 749. The van der Waals surface area contributed by atoms with Gasteiger partial charge in [-0.3, -0.25) is 0 Å². The smallest absolute Gasteiger partial charge is 0.0491 e. The molecule has 0 radical (unpaired) electrons. The van der Waals surface area contributed by atoms with Crippen LogP contribution in [0.5, 0.6) is 0 Å². The number of benzene rings is 2. The lowest BCUT2D eigenvalue weighted by atomic mass is 10.2. The highest BCUT2D eigenvalue weighted by Crippen LogP contribution is 2.24. The number of nitrogen functional groups attached to an aromatic ring is 1. The third kappa shape index (κ3) is 2.48. The summed E-state index contributed by atoms with van der Waals surface area (Å²) in [5.74, 6) is 0. The zero-order valence-electron chi connectivity index (χ0n) is 10.1. The topological polar surface area (TPSA) is 30.9 Å². The van der Waals surface area contributed by atoms with Gasteiger partial charge in [-0.05, 0) is 48.0 Å². The average molecular weight is 336 g/mol. The minimum Gasteiger partial charge on any atom is -0.399 e. The van der Waals surface area contributed by atoms with Gasteiger partial charge in [-0.15, -0.1) is 0 Å². The maximum absolute atomic E-state index is 6.21. The Morgan fingerprint density at radius 3 is 2.79 bits per heavy atom. The summed E-state index contributed by atoms with van der Waals surface area (Å²) in [5.41, 5.74) is 8.76. The Kier molecular flexibility index (Phi) is 3.25. The molecule has 0 saturated heterocycles. The predicted octanol–water partition coefficient (Wildman–Crippen LogP) is 4.69. The molecular weight excluding hydrogens is 324 g/mol. The van der Waals surface area contributed by atoms with Gasteiger partial charge < -0.3 is 10.3 Å². The van der Waals surface area contributed by atoms with E-state index >= 15 is 0 Å². The second kappa shape index (κ2) is 4.91. The number of hydrogen-bond donors (Lipinski definition) is 1.